The van der Waals surface area contributed by atoms with Gasteiger partial charge in [-0.05, 0) is 44.7 Å². The van der Waals surface area contributed by atoms with E-state index in [0.717, 1.165) is 30.4 Å². The van der Waals surface area contributed by atoms with E-state index in [1.165, 1.54) is 31.0 Å². The van der Waals surface area contributed by atoms with Crippen LogP contribution in [0.15, 0.2) is 29.4 Å². The van der Waals surface area contributed by atoms with Crippen LogP contribution >= 0.6 is 11.8 Å². The third-order valence-electron chi connectivity index (χ3n) is 5.63. The third kappa shape index (κ3) is 6.40. The molecule has 2 atom stereocenters. The van der Waals surface area contributed by atoms with Crippen LogP contribution in [0.3, 0.4) is 0 Å². The summed E-state index contributed by atoms with van der Waals surface area (Å²) in [6, 6.07) is 7.88. The van der Waals surface area contributed by atoms with E-state index in [9.17, 15) is 4.79 Å². The molecular formula is C24H36N4O3S. The molecular weight excluding hydrogens is 424 g/mol. The van der Waals surface area contributed by atoms with Gasteiger partial charge in [-0.2, -0.15) is 0 Å². The van der Waals surface area contributed by atoms with E-state index in [2.05, 4.69) is 33.9 Å². The normalized spacial score (nSPS) is 16.6. The number of hydrogen-bond acceptors (Lipinski definition) is 6. The van der Waals surface area contributed by atoms with Gasteiger partial charge >= 0.3 is 0 Å². The first kappa shape index (κ1) is 24.4. The number of rotatable bonds is 10. The van der Waals surface area contributed by atoms with Crippen molar-refractivity contribution in [3.05, 3.63) is 30.1 Å². The molecule has 1 amide bonds. The second-order valence-electron chi connectivity index (χ2n) is 8.86. The molecule has 176 valence electrons. The van der Waals surface area contributed by atoms with Crippen LogP contribution in [0.25, 0.3) is 0 Å². The van der Waals surface area contributed by atoms with E-state index in [1.807, 2.05) is 38.1 Å². The van der Waals surface area contributed by atoms with Crippen LogP contribution in [-0.4, -0.2) is 39.1 Å². The molecule has 3 rings (SSSR count). The number of carbonyl (C=O) groups excluding carboxylic acids is 1. The summed E-state index contributed by atoms with van der Waals surface area (Å²) in [4.78, 5) is 12.8. The van der Waals surface area contributed by atoms with E-state index < -0.39 is 0 Å². The Morgan fingerprint density at radius 2 is 1.81 bits per heavy atom. The van der Waals surface area contributed by atoms with E-state index in [4.69, 9.17) is 9.47 Å². The van der Waals surface area contributed by atoms with E-state index in [-0.39, 0.29) is 17.3 Å². The fourth-order valence-corrected chi connectivity index (χ4v) is 4.84. The number of aromatic nitrogens is 3. The fraction of sp³-hybridized carbons (Fsp3) is 0.625. The number of hydrogen-bond donors (Lipinski definition) is 1. The van der Waals surface area contributed by atoms with Crippen LogP contribution in [0, 0.1) is 5.92 Å². The lowest BCUT2D eigenvalue weighted by Gasteiger charge is -2.24. The highest BCUT2D eigenvalue weighted by molar-refractivity contribution is 8.00. The molecule has 2 unspecified atom stereocenters. The largest absolute Gasteiger partial charge is 0.493 e. The smallest absolute Gasteiger partial charge is 0.233 e. The van der Waals surface area contributed by atoms with Crippen molar-refractivity contribution >= 4 is 17.7 Å². The number of carbonyl (C=O) groups is 1. The van der Waals surface area contributed by atoms with Crippen molar-refractivity contribution in [2.75, 3.05) is 7.11 Å². The van der Waals surface area contributed by atoms with Gasteiger partial charge in [-0.15, -0.1) is 10.2 Å². The summed E-state index contributed by atoms with van der Waals surface area (Å²) >= 11 is 1.46. The van der Waals surface area contributed by atoms with Gasteiger partial charge in [0.1, 0.15) is 0 Å². The number of nitrogens with one attached hydrogen (secondary N) is 1. The Balaban J connectivity index is 1.73. The zero-order valence-electron chi connectivity index (χ0n) is 19.8. The average Bonchev–Trinajstić information content (AvgIpc) is 3.16. The summed E-state index contributed by atoms with van der Waals surface area (Å²) in [7, 11) is 1.63. The van der Waals surface area contributed by atoms with E-state index in [1.54, 1.807) is 7.11 Å². The second kappa shape index (κ2) is 11.6. The molecule has 1 N–H and O–H groups in total. The molecule has 0 bridgehead atoms. The van der Waals surface area contributed by atoms with Crippen molar-refractivity contribution in [2.45, 2.75) is 88.9 Å². The van der Waals surface area contributed by atoms with Crippen LogP contribution < -0.4 is 14.8 Å². The quantitative estimate of drug-likeness (QED) is 0.502. The first-order valence-corrected chi connectivity index (χ1v) is 12.5. The minimum Gasteiger partial charge on any atom is -0.493 e. The lowest BCUT2D eigenvalue weighted by molar-refractivity contribution is -0.121. The second-order valence-corrected chi connectivity index (χ2v) is 10.2. The molecule has 7 nitrogen and oxygen atoms in total. The van der Waals surface area contributed by atoms with Crippen molar-refractivity contribution in [3.8, 4) is 11.5 Å². The molecule has 1 aliphatic rings. The van der Waals surface area contributed by atoms with Gasteiger partial charge in [0.2, 0.25) is 5.91 Å². The summed E-state index contributed by atoms with van der Waals surface area (Å²) in [5.74, 6) is 2.55. The molecule has 1 aromatic carbocycles. The topological polar surface area (TPSA) is 78.3 Å². The number of para-hydroxylation sites is 2. The minimum absolute atomic E-state index is 0.0702. The zero-order valence-corrected chi connectivity index (χ0v) is 20.7. The highest BCUT2D eigenvalue weighted by Gasteiger charge is 2.26. The lowest BCUT2D eigenvalue weighted by atomic mass is 9.95. The van der Waals surface area contributed by atoms with Crippen LogP contribution in [-0.2, 0) is 11.3 Å². The summed E-state index contributed by atoms with van der Waals surface area (Å²) in [5, 5.41) is 12.6. The Morgan fingerprint density at radius 3 is 2.47 bits per heavy atom. The molecule has 1 saturated carbocycles. The van der Waals surface area contributed by atoms with Gasteiger partial charge in [0.05, 0.1) is 12.4 Å². The Labute approximate surface area is 195 Å². The monoisotopic (exact) mass is 460 g/mol. The standard InChI is InChI=1S/C24H36N4O3S/c1-16(2)15-28-22(17(3)31-21-14-10-9-13-20(21)30-5)26-27-24(28)32-18(4)23(29)25-19-11-7-6-8-12-19/h9-10,13-14,16-19H,6-8,11-12,15H2,1-5H3,(H,25,29). The molecule has 1 fully saturated rings. The zero-order chi connectivity index (χ0) is 23.1. The van der Waals surface area contributed by atoms with Crippen molar-refractivity contribution < 1.29 is 14.3 Å². The molecule has 0 aliphatic heterocycles. The molecule has 1 heterocycles. The highest BCUT2D eigenvalue weighted by Crippen LogP contribution is 2.32. The van der Waals surface area contributed by atoms with E-state index >= 15 is 0 Å². The van der Waals surface area contributed by atoms with Crippen LogP contribution in [0.2, 0.25) is 0 Å². The number of methoxy groups -OCH3 is 1. The summed E-state index contributed by atoms with van der Waals surface area (Å²) in [6.07, 6.45) is 5.50. The van der Waals surface area contributed by atoms with Gasteiger partial charge in [-0.25, -0.2) is 0 Å². The van der Waals surface area contributed by atoms with Crippen LogP contribution in [0.1, 0.15) is 71.7 Å². The Kier molecular flexibility index (Phi) is 8.84. The number of ether oxygens (including phenoxy) is 2. The van der Waals surface area contributed by atoms with Gasteiger partial charge in [-0.1, -0.05) is 57.0 Å². The summed E-state index contributed by atoms with van der Waals surface area (Å²) < 4.78 is 13.7. The van der Waals surface area contributed by atoms with Gasteiger partial charge < -0.3 is 19.4 Å². The maximum atomic E-state index is 12.8. The molecule has 8 heteroatoms. The summed E-state index contributed by atoms with van der Waals surface area (Å²) in [6.45, 7) is 8.96. The molecule has 1 aliphatic carbocycles. The maximum absolute atomic E-state index is 12.8. The number of amides is 1. The first-order chi connectivity index (χ1) is 15.4. The molecule has 2 aromatic rings. The van der Waals surface area contributed by atoms with Crippen molar-refractivity contribution in [2.24, 2.45) is 5.92 Å². The van der Waals surface area contributed by atoms with Crippen LogP contribution in [0.4, 0.5) is 0 Å². The van der Waals surface area contributed by atoms with Gasteiger partial charge in [-0.3, -0.25) is 4.79 Å². The van der Waals surface area contributed by atoms with Crippen molar-refractivity contribution in [1.29, 1.82) is 0 Å². The predicted molar refractivity (Wildman–Crippen MR) is 127 cm³/mol. The van der Waals surface area contributed by atoms with Crippen molar-refractivity contribution in [1.82, 2.24) is 20.1 Å². The SMILES string of the molecule is COc1ccccc1OC(C)c1nnc(SC(C)C(=O)NC2CCCCC2)n1CC(C)C. The van der Waals surface area contributed by atoms with Gasteiger partial charge in [0.25, 0.3) is 0 Å². The molecule has 0 spiro atoms. The van der Waals surface area contributed by atoms with Crippen molar-refractivity contribution in [3.63, 3.8) is 0 Å². The third-order valence-corrected chi connectivity index (χ3v) is 6.71. The predicted octanol–water partition coefficient (Wildman–Crippen LogP) is 5.01. The average molecular weight is 461 g/mol. The Hall–Kier alpha value is -2.22. The number of nitrogens with zero attached hydrogens (tertiary/aromatic N) is 3. The van der Waals surface area contributed by atoms with E-state index in [0.29, 0.717) is 23.5 Å². The molecule has 1 aromatic heterocycles. The molecule has 0 radical (unpaired) electrons. The maximum Gasteiger partial charge on any atom is 0.233 e. The molecule has 0 saturated heterocycles. The van der Waals surface area contributed by atoms with Gasteiger partial charge in [0, 0.05) is 12.6 Å². The Morgan fingerprint density at radius 1 is 1.12 bits per heavy atom. The first-order valence-electron chi connectivity index (χ1n) is 11.6. The van der Waals surface area contributed by atoms with Gasteiger partial charge in [0.15, 0.2) is 28.6 Å². The Bertz CT molecular complexity index is 880. The number of benzene rings is 1. The highest BCUT2D eigenvalue weighted by atomic mass is 32.2. The fourth-order valence-electron chi connectivity index (χ4n) is 3.96. The lowest BCUT2D eigenvalue weighted by Crippen LogP contribution is -2.40. The van der Waals surface area contributed by atoms with Crippen LogP contribution in [0.5, 0.6) is 11.5 Å². The minimum atomic E-state index is -0.321. The summed E-state index contributed by atoms with van der Waals surface area (Å²) in [5.41, 5.74) is 0. The number of thioether (sulfide) groups is 1. The molecule has 32 heavy (non-hydrogen) atoms.